The number of rotatable bonds is 9. The normalized spacial score (nSPS) is 10.8. The smallest absolute Gasteiger partial charge is 0.251 e. The summed E-state index contributed by atoms with van der Waals surface area (Å²) in [5.41, 5.74) is 2.94. The average molecular weight is 423 g/mol. The average Bonchev–Trinajstić information content (AvgIpc) is 3.27. The van der Waals surface area contributed by atoms with Crippen LogP contribution in [0, 0.1) is 12.7 Å². The molecule has 7 heteroatoms. The second kappa shape index (κ2) is 10.5. The van der Waals surface area contributed by atoms with Crippen LogP contribution >= 0.6 is 0 Å². The zero-order chi connectivity index (χ0) is 22.2. The van der Waals surface area contributed by atoms with Crippen LogP contribution in [0.1, 0.15) is 32.8 Å². The summed E-state index contributed by atoms with van der Waals surface area (Å²) in [5.74, 6) is 0.205. The van der Waals surface area contributed by atoms with Gasteiger partial charge in [-0.15, -0.1) is 0 Å². The number of halogens is 1. The molecule has 0 saturated carbocycles. The van der Waals surface area contributed by atoms with Crippen LogP contribution in [0.15, 0.2) is 65.3 Å². The molecule has 2 N–H and O–H groups in total. The van der Waals surface area contributed by atoms with Gasteiger partial charge in [-0.2, -0.15) is 0 Å². The molecule has 6 nitrogen and oxygen atoms in total. The number of aryl methyl sites for hydroxylation is 1. The van der Waals surface area contributed by atoms with E-state index in [4.69, 9.17) is 4.42 Å². The first-order valence-electron chi connectivity index (χ1n) is 10.0. The molecule has 1 heterocycles. The fourth-order valence-electron chi connectivity index (χ4n) is 3.23. The predicted octanol–water partition coefficient (Wildman–Crippen LogP) is 3.41. The number of hydrogen-bond acceptors (Lipinski definition) is 4. The molecule has 0 aliphatic rings. The van der Waals surface area contributed by atoms with E-state index in [-0.39, 0.29) is 24.2 Å². The molecule has 3 aromatic rings. The molecule has 2 aromatic carbocycles. The van der Waals surface area contributed by atoms with Gasteiger partial charge in [-0.05, 0) is 53.9 Å². The van der Waals surface area contributed by atoms with Crippen molar-refractivity contribution in [2.75, 3.05) is 13.6 Å². The van der Waals surface area contributed by atoms with Gasteiger partial charge in [0, 0.05) is 25.7 Å². The van der Waals surface area contributed by atoms with Gasteiger partial charge in [0.2, 0.25) is 5.91 Å². The topological polar surface area (TPSA) is 74.6 Å². The number of carbonyl (C=O) groups excluding carboxylic acids is 2. The van der Waals surface area contributed by atoms with Crippen LogP contribution in [0.2, 0.25) is 0 Å². The third-order valence-electron chi connectivity index (χ3n) is 4.89. The molecule has 0 bridgehead atoms. The first-order chi connectivity index (χ1) is 14.9. The molecule has 0 saturated heterocycles. The van der Waals surface area contributed by atoms with Crippen LogP contribution in [-0.2, 0) is 24.4 Å². The summed E-state index contributed by atoms with van der Waals surface area (Å²) in [7, 11) is 1.59. The standard InChI is InChI=1S/C24H26FN3O3/c1-17-12-19(7-10-22(17)25)13-27-23(29)16-28(15-21-4-3-11-31-21)14-18-5-8-20(9-6-18)24(30)26-2/h3-12H,13-16H2,1-2H3,(H,26,30)(H,27,29). The van der Waals surface area contributed by atoms with E-state index in [9.17, 15) is 14.0 Å². The fraction of sp³-hybridized carbons (Fsp3) is 0.250. The Morgan fingerprint density at radius 3 is 2.42 bits per heavy atom. The number of amides is 2. The van der Waals surface area contributed by atoms with Crippen molar-refractivity contribution in [3.8, 4) is 0 Å². The largest absolute Gasteiger partial charge is 0.468 e. The van der Waals surface area contributed by atoms with Gasteiger partial charge in [-0.25, -0.2) is 4.39 Å². The van der Waals surface area contributed by atoms with Crippen molar-refractivity contribution in [2.45, 2.75) is 26.6 Å². The van der Waals surface area contributed by atoms with E-state index in [0.717, 1.165) is 16.9 Å². The van der Waals surface area contributed by atoms with Gasteiger partial charge in [0.15, 0.2) is 0 Å². The van der Waals surface area contributed by atoms with Gasteiger partial charge < -0.3 is 15.1 Å². The maximum absolute atomic E-state index is 13.4. The molecule has 0 unspecified atom stereocenters. The van der Waals surface area contributed by atoms with Gasteiger partial charge >= 0.3 is 0 Å². The SMILES string of the molecule is CNC(=O)c1ccc(CN(CC(=O)NCc2ccc(F)c(C)c2)Cc2ccco2)cc1. The molecule has 0 atom stereocenters. The minimum Gasteiger partial charge on any atom is -0.468 e. The van der Waals surface area contributed by atoms with Crippen LogP contribution in [0.3, 0.4) is 0 Å². The van der Waals surface area contributed by atoms with Crippen molar-refractivity contribution in [3.63, 3.8) is 0 Å². The minimum absolute atomic E-state index is 0.143. The van der Waals surface area contributed by atoms with Crippen molar-refractivity contribution in [1.29, 1.82) is 0 Å². The van der Waals surface area contributed by atoms with Crippen LogP contribution in [-0.4, -0.2) is 30.3 Å². The second-order valence-corrected chi connectivity index (χ2v) is 7.36. The van der Waals surface area contributed by atoms with E-state index in [1.807, 2.05) is 29.2 Å². The van der Waals surface area contributed by atoms with Crippen molar-refractivity contribution < 1.29 is 18.4 Å². The lowest BCUT2D eigenvalue weighted by Crippen LogP contribution is -2.36. The molecule has 0 aliphatic heterocycles. The molecule has 0 spiro atoms. The maximum atomic E-state index is 13.4. The number of hydrogen-bond donors (Lipinski definition) is 2. The Morgan fingerprint density at radius 1 is 1.03 bits per heavy atom. The summed E-state index contributed by atoms with van der Waals surface area (Å²) < 4.78 is 18.9. The van der Waals surface area contributed by atoms with Crippen LogP contribution in [0.25, 0.3) is 0 Å². The zero-order valence-electron chi connectivity index (χ0n) is 17.7. The van der Waals surface area contributed by atoms with E-state index < -0.39 is 0 Å². The molecule has 0 aliphatic carbocycles. The molecular weight excluding hydrogens is 397 g/mol. The molecule has 0 radical (unpaired) electrons. The molecule has 3 rings (SSSR count). The summed E-state index contributed by atoms with van der Waals surface area (Å²) in [6.07, 6.45) is 1.60. The highest BCUT2D eigenvalue weighted by Gasteiger charge is 2.14. The number of furan rings is 1. The molecule has 0 fully saturated rings. The number of benzene rings is 2. The van der Waals surface area contributed by atoms with E-state index in [0.29, 0.717) is 30.8 Å². The molecule has 2 amide bonds. The van der Waals surface area contributed by atoms with E-state index in [1.54, 1.807) is 44.5 Å². The summed E-state index contributed by atoms with van der Waals surface area (Å²) in [4.78, 5) is 26.3. The van der Waals surface area contributed by atoms with Crippen LogP contribution in [0.4, 0.5) is 4.39 Å². The maximum Gasteiger partial charge on any atom is 0.251 e. The number of nitrogens with zero attached hydrogens (tertiary/aromatic N) is 1. The highest BCUT2D eigenvalue weighted by Crippen LogP contribution is 2.13. The second-order valence-electron chi connectivity index (χ2n) is 7.36. The lowest BCUT2D eigenvalue weighted by atomic mass is 10.1. The summed E-state index contributed by atoms with van der Waals surface area (Å²) in [6.45, 7) is 3.17. The third-order valence-corrected chi connectivity index (χ3v) is 4.89. The van der Waals surface area contributed by atoms with Crippen molar-refractivity contribution in [3.05, 3.63) is 94.7 Å². The first-order valence-corrected chi connectivity index (χ1v) is 10.0. The lowest BCUT2D eigenvalue weighted by molar-refractivity contribution is -0.122. The Labute approximate surface area is 181 Å². The molecule has 162 valence electrons. The Kier molecular flexibility index (Phi) is 7.56. The molecule has 31 heavy (non-hydrogen) atoms. The summed E-state index contributed by atoms with van der Waals surface area (Å²) in [6, 6.07) is 15.7. The fourth-order valence-corrected chi connectivity index (χ4v) is 3.23. The van der Waals surface area contributed by atoms with Crippen molar-refractivity contribution >= 4 is 11.8 Å². The first kappa shape index (κ1) is 22.2. The van der Waals surface area contributed by atoms with E-state index in [1.165, 1.54) is 6.07 Å². The predicted molar refractivity (Wildman–Crippen MR) is 116 cm³/mol. The van der Waals surface area contributed by atoms with Gasteiger partial charge in [0.25, 0.3) is 5.91 Å². The minimum atomic E-state index is -0.262. The Balaban J connectivity index is 1.63. The zero-order valence-corrected chi connectivity index (χ0v) is 17.7. The van der Waals surface area contributed by atoms with E-state index in [2.05, 4.69) is 10.6 Å². The van der Waals surface area contributed by atoms with Gasteiger partial charge in [0.1, 0.15) is 11.6 Å². The number of carbonyl (C=O) groups is 2. The summed E-state index contributed by atoms with van der Waals surface area (Å²) >= 11 is 0. The molecular formula is C24H26FN3O3. The van der Waals surface area contributed by atoms with Gasteiger partial charge in [-0.1, -0.05) is 24.3 Å². The van der Waals surface area contributed by atoms with Crippen molar-refractivity contribution in [1.82, 2.24) is 15.5 Å². The van der Waals surface area contributed by atoms with Crippen LogP contribution in [0.5, 0.6) is 0 Å². The quantitative estimate of drug-likeness (QED) is 0.553. The number of nitrogens with one attached hydrogen (secondary N) is 2. The monoisotopic (exact) mass is 423 g/mol. The van der Waals surface area contributed by atoms with Crippen LogP contribution < -0.4 is 10.6 Å². The van der Waals surface area contributed by atoms with Gasteiger partial charge in [0.05, 0.1) is 19.4 Å². The van der Waals surface area contributed by atoms with Crippen molar-refractivity contribution in [2.24, 2.45) is 0 Å². The molecule has 1 aromatic heterocycles. The summed E-state index contributed by atoms with van der Waals surface area (Å²) in [5, 5.41) is 5.48. The third kappa shape index (κ3) is 6.52. The Morgan fingerprint density at radius 2 is 1.77 bits per heavy atom. The Bertz CT molecular complexity index is 1020. The van der Waals surface area contributed by atoms with Gasteiger partial charge in [-0.3, -0.25) is 14.5 Å². The highest BCUT2D eigenvalue weighted by molar-refractivity contribution is 5.93. The Hall–Kier alpha value is -3.45. The highest BCUT2D eigenvalue weighted by atomic mass is 19.1. The van der Waals surface area contributed by atoms with E-state index >= 15 is 0 Å². The lowest BCUT2D eigenvalue weighted by Gasteiger charge is -2.21.